The molecule has 0 bridgehead atoms. The molecule has 1 aliphatic heterocycles. The zero-order valence-corrected chi connectivity index (χ0v) is 18.5. The van der Waals surface area contributed by atoms with Crippen LogP contribution in [0.25, 0.3) is 0 Å². The molecule has 1 unspecified atom stereocenters. The van der Waals surface area contributed by atoms with E-state index in [1.165, 1.54) is 0 Å². The van der Waals surface area contributed by atoms with Crippen LogP contribution in [0.1, 0.15) is 65.9 Å². The van der Waals surface area contributed by atoms with Gasteiger partial charge in [0.25, 0.3) is 0 Å². The van der Waals surface area contributed by atoms with Gasteiger partial charge in [0.2, 0.25) is 0 Å². The minimum atomic E-state index is -0.504. The SMILES string of the molecule is CC(NC(=O)NC1CCN(C(=O)OC(C)(C)C)CC1)Oc1ccccc1C(C)C. The molecule has 3 amide bonds. The number of para-hydroxylation sites is 1. The summed E-state index contributed by atoms with van der Waals surface area (Å²) in [6.45, 7) is 12.7. The van der Waals surface area contributed by atoms with Crippen LogP contribution in [-0.4, -0.2) is 48.0 Å². The van der Waals surface area contributed by atoms with Crippen molar-refractivity contribution in [2.45, 2.75) is 78.2 Å². The van der Waals surface area contributed by atoms with Crippen LogP contribution in [0.15, 0.2) is 24.3 Å². The number of nitrogens with one attached hydrogen (secondary N) is 2. The molecule has 0 aliphatic carbocycles. The fourth-order valence-corrected chi connectivity index (χ4v) is 3.23. The molecule has 0 saturated carbocycles. The highest BCUT2D eigenvalue weighted by Crippen LogP contribution is 2.26. The van der Waals surface area contributed by atoms with Gasteiger partial charge in [-0.1, -0.05) is 32.0 Å². The third-order valence-corrected chi connectivity index (χ3v) is 4.66. The van der Waals surface area contributed by atoms with Crippen molar-refractivity contribution >= 4 is 12.1 Å². The lowest BCUT2D eigenvalue weighted by atomic mass is 10.0. The number of hydrogen-bond acceptors (Lipinski definition) is 4. The summed E-state index contributed by atoms with van der Waals surface area (Å²) in [6, 6.07) is 7.60. The molecule has 2 rings (SSSR count). The Kier molecular flexibility index (Phi) is 7.76. The molecule has 0 spiro atoms. The second-order valence-corrected chi connectivity index (χ2v) is 8.81. The second-order valence-electron chi connectivity index (χ2n) is 8.81. The Morgan fingerprint density at radius 1 is 1.10 bits per heavy atom. The van der Waals surface area contributed by atoms with Crippen LogP contribution in [0, 0.1) is 0 Å². The number of piperidine rings is 1. The normalized spacial score (nSPS) is 16.3. The summed E-state index contributed by atoms with van der Waals surface area (Å²) in [5, 5.41) is 5.80. The Labute approximate surface area is 174 Å². The maximum atomic E-state index is 12.3. The quantitative estimate of drug-likeness (QED) is 0.719. The number of urea groups is 1. The first-order valence-corrected chi connectivity index (χ1v) is 10.4. The van der Waals surface area contributed by atoms with Crippen LogP contribution in [-0.2, 0) is 4.74 Å². The molecular formula is C22H35N3O4. The minimum Gasteiger partial charge on any atom is -0.471 e. The van der Waals surface area contributed by atoms with Gasteiger partial charge in [0.15, 0.2) is 6.23 Å². The maximum absolute atomic E-state index is 12.3. The van der Waals surface area contributed by atoms with Gasteiger partial charge in [-0.25, -0.2) is 9.59 Å². The molecule has 29 heavy (non-hydrogen) atoms. The lowest BCUT2D eigenvalue weighted by Gasteiger charge is -2.33. The molecular weight excluding hydrogens is 370 g/mol. The molecule has 0 radical (unpaired) electrons. The average Bonchev–Trinajstić information content (AvgIpc) is 2.60. The third kappa shape index (κ3) is 7.48. The Morgan fingerprint density at radius 3 is 2.31 bits per heavy atom. The van der Waals surface area contributed by atoms with Crippen molar-refractivity contribution in [3.63, 3.8) is 0 Å². The number of carbonyl (C=O) groups is 2. The van der Waals surface area contributed by atoms with E-state index in [1.54, 1.807) is 4.90 Å². The molecule has 7 nitrogen and oxygen atoms in total. The summed E-state index contributed by atoms with van der Waals surface area (Å²) >= 11 is 0. The van der Waals surface area contributed by atoms with Crippen molar-refractivity contribution in [2.75, 3.05) is 13.1 Å². The summed E-state index contributed by atoms with van der Waals surface area (Å²) in [5.74, 6) is 1.11. The van der Waals surface area contributed by atoms with Gasteiger partial charge in [0.05, 0.1) is 0 Å². The minimum absolute atomic E-state index is 0.0174. The first-order chi connectivity index (χ1) is 13.5. The molecule has 1 heterocycles. The van der Waals surface area contributed by atoms with E-state index < -0.39 is 11.8 Å². The first kappa shape index (κ1) is 22.8. The van der Waals surface area contributed by atoms with Gasteiger partial charge in [-0.05, 0) is 58.1 Å². The van der Waals surface area contributed by atoms with Gasteiger partial charge >= 0.3 is 12.1 Å². The molecule has 0 aromatic heterocycles. The van der Waals surface area contributed by atoms with Crippen LogP contribution in [0.5, 0.6) is 5.75 Å². The summed E-state index contributed by atoms with van der Waals surface area (Å²) in [4.78, 5) is 26.1. The van der Waals surface area contributed by atoms with Crippen LogP contribution in [0.3, 0.4) is 0 Å². The number of nitrogens with zero attached hydrogens (tertiary/aromatic N) is 1. The van der Waals surface area contributed by atoms with Gasteiger partial charge in [-0.2, -0.15) is 0 Å². The van der Waals surface area contributed by atoms with Gasteiger partial charge in [0, 0.05) is 19.1 Å². The lowest BCUT2D eigenvalue weighted by Crippen LogP contribution is -2.51. The smallest absolute Gasteiger partial charge is 0.410 e. The number of ether oxygens (including phenoxy) is 2. The van der Waals surface area contributed by atoms with Gasteiger partial charge in [-0.15, -0.1) is 0 Å². The summed E-state index contributed by atoms with van der Waals surface area (Å²) in [5.41, 5.74) is 0.604. The van der Waals surface area contributed by atoms with Crippen molar-refractivity contribution in [3.8, 4) is 5.75 Å². The number of benzene rings is 1. The van der Waals surface area contributed by atoms with Crippen molar-refractivity contribution in [2.24, 2.45) is 0 Å². The Hall–Kier alpha value is -2.44. The Bertz CT molecular complexity index is 692. The Balaban J connectivity index is 1.77. The largest absolute Gasteiger partial charge is 0.471 e. The van der Waals surface area contributed by atoms with Crippen molar-refractivity contribution in [1.29, 1.82) is 0 Å². The van der Waals surface area contributed by atoms with E-state index in [-0.39, 0.29) is 18.2 Å². The van der Waals surface area contributed by atoms with E-state index in [1.807, 2.05) is 52.0 Å². The topological polar surface area (TPSA) is 79.9 Å². The standard InChI is InChI=1S/C22H35N3O4/c1-15(2)18-9-7-8-10-19(18)28-16(3)23-20(26)24-17-11-13-25(14-12-17)21(27)29-22(4,5)6/h7-10,15-17H,11-14H2,1-6H3,(H2,23,24,26). The first-order valence-electron chi connectivity index (χ1n) is 10.4. The van der Waals surface area contributed by atoms with E-state index >= 15 is 0 Å². The van der Waals surface area contributed by atoms with Crippen LogP contribution in [0.2, 0.25) is 0 Å². The molecule has 1 aromatic carbocycles. The van der Waals surface area contributed by atoms with Crippen LogP contribution < -0.4 is 15.4 Å². The zero-order chi connectivity index (χ0) is 21.6. The van der Waals surface area contributed by atoms with E-state index in [0.29, 0.717) is 31.8 Å². The number of carbonyl (C=O) groups excluding carboxylic acids is 2. The fraction of sp³-hybridized carbons (Fsp3) is 0.636. The molecule has 1 saturated heterocycles. The van der Waals surface area contributed by atoms with E-state index in [4.69, 9.17) is 9.47 Å². The van der Waals surface area contributed by atoms with Crippen molar-refractivity contribution in [3.05, 3.63) is 29.8 Å². The highest BCUT2D eigenvalue weighted by Gasteiger charge is 2.27. The number of hydrogen-bond donors (Lipinski definition) is 2. The fourth-order valence-electron chi connectivity index (χ4n) is 3.23. The van der Waals surface area contributed by atoms with Crippen molar-refractivity contribution in [1.82, 2.24) is 15.5 Å². The zero-order valence-electron chi connectivity index (χ0n) is 18.5. The molecule has 1 atom stereocenters. The molecule has 1 aliphatic rings. The predicted molar refractivity (Wildman–Crippen MR) is 113 cm³/mol. The lowest BCUT2D eigenvalue weighted by molar-refractivity contribution is 0.0201. The molecule has 1 fully saturated rings. The molecule has 7 heteroatoms. The van der Waals surface area contributed by atoms with E-state index in [9.17, 15) is 9.59 Å². The Morgan fingerprint density at radius 2 is 1.72 bits per heavy atom. The van der Waals surface area contributed by atoms with E-state index in [2.05, 4.69) is 24.5 Å². The predicted octanol–water partition coefficient (Wildman–Crippen LogP) is 4.23. The monoisotopic (exact) mass is 405 g/mol. The molecule has 162 valence electrons. The average molecular weight is 406 g/mol. The maximum Gasteiger partial charge on any atom is 0.410 e. The summed E-state index contributed by atoms with van der Waals surface area (Å²) in [7, 11) is 0. The molecule has 2 N–H and O–H groups in total. The van der Waals surface area contributed by atoms with Crippen LogP contribution >= 0.6 is 0 Å². The van der Waals surface area contributed by atoms with Gasteiger partial charge < -0.3 is 25.0 Å². The number of amides is 3. The number of rotatable bonds is 5. The van der Waals surface area contributed by atoms with Crippen LogP contribution in [0.4, 0.5) is 9.59 Å². The second kappa shape index (κ2) is 9.85. The highest BCUT2D eigenvalue weighted by molar-refractivity contribution is 5.74. The van der Waals surface area contributed by atoms with Gasteiger partial charge in [-0.3, -0.25) is 0 Å². The number of likely N-dealkylation sites (tertiary alicyclic amines) is 1. The van der Waals surface area contributed by atoms with E-state index in [0.717, 1.165) is 11.3 Å². The molecule has 1 aromatic rings. The van der Waals surface area contributed by atoms with Gasteiger partial charge in [0.1, 0.15) is 11.4 Å². The summed E-state index contributed by atoms with van der Waals surface area (Å²) < 4.78 is 11.3. The van der Waals surface area contributed by atoms with Crippen molar-refractivity contribution < 1.29 is 19.1 Å². The highest BCUT2D eigenvalue weighted by atomic mass is 16.6. The third-order valence-electron chi connectivity index (χ3n) is 4.66. The summed E-state index contributed by atoms with van der Waals surface area (Å²) in [6.07, 6.45) is 0.624.